The fraction of sp³-hybridized carbons (Fsp3) is 0.567. The smallest absolute Gasteiger partial charge is 0.409 e. The van der Waals surface area contributed by atoms with Gasteiger partial charge in [0.05, 0.1) is 23.3 Å². The van der Waals surface area contributed by atoms with Gasteiger partial charge in [-0.25, -0.2) is 9.59 Å². The molecule has 7 N–H and O–H groups in total. The number of carbonyl (C=O) groups excluding carboxylic acids is 7. The Hall–Kier alpha value is -4.33. The highest BCUT2D eigenvalue weighted by molar-refractivity contribution is 6.32. The van der Waals surface area contributed by atoms with Gasteiger partial charge in [0.25, 0.3) is 0 Å². The third-order valence-electron chi connectivity index (χ3n) is 8.29. The molecule has 0 saturated heterocycles. The van der Waals surface area contributed by atoms with Crippen LogP contribution in [0.25, 0.3) is 0 Å². The predicted octanol–water partition coefficient (Wildman–Crippen LogP) is 1.31. The summed E-state index contributed by atoms with van der Waals surface area (Å²) in [6.45, 7) is 11.6. The molecule has 3 aliphatic carbocycles. The van der Waals surface area contributed by atoms with E-state index in [1.807, 2.05) is 0 Å². The quantitative estimate of drug-likeness (QED) is 0.211. The molecule has 2 saturated carbocycles. The number of carbonyl (C=O) groups is 7. The molecule has 7 atom stereocenters. The summed E-state index contributed by atoms with van der Waals surface area (Å²) in [6, 6.07) is 2.15. The van der Waals surface area contributed by atoms with E-state index in [-0.39, 0.29) is 16.8 Å². The molecule has 4 rings (SSSR count). The number of hydrogen-bond acceptors (Lipinski definition) is 10. The minimum atomic E-state index is -2.91. The van der Waals surface area contributed by atoms with E-state index < -0.39 is 106 Å². The summed E-state index contributed by atoms with van der Waals surface area (Å²) in [5.41, 5.74) is 0.682. The number of primary amides is 1. The first-order valence-corrected chi connectivity index (χ1v) is 14.2. The third kappa shape index (κ3) is 5.31. The number of hydrogen-bond donors (Lipinski definition) is 6. The van der Waals surface area contributed by atoms with Crippen molar-refractivity contribution in [1.82, 2.24) is 10.6 Å². The van der Waals surface area contributed by atoms with Crippen LogP contribution < -0.4 is 21.7 Å². The average molecular weight is 615 g/mol. The molecule has 0 heterocycles. The zero-order valence-electron chi connectivity index (χ0n) is 25.6. The number of amides is 4. The van der Waals surface area contributed by atoms with Gasteiger partial charge in [0, 0.05) is 29.3 Å². The van der Waals surface area contributed by atoms with Crippen LogP contribution in [0.5, 0.6) is 5.75 Å². The molecule has 0 bridgehead atoms. The lowest BCUT2D eigenvalue weighted by Gasteiger charge is -2.54. The minimum absolute atomic E-state index is 0.144. The van der Waals surface area contributed by atoms with Crippen LogP contribution in [0.2, 0.25) is 0 Å². The Labute approximate surface area is 253 Å². The summed E-state index contributed by atoms with van der Waals surface area (Å²) >= 11 is 0. The number of Topliss-reactive ketones (excluding diaryl/α,β-unsaturated/α-hetero) is 4. The number of nitrogens with one attached hydrogen (secondary N) is 3. The van der Waals surface area contributed by atoms with Crippen molar-refractivity contribution in [2.24, 2.45) is 29.4 Å². The van der Waals surface area contributed by atoms with Gasteiger partial charge in [-0.15, -0.1) is 0 Å². The Morgan fingerprint density at radius 1 is 0.977 bits per heavy atom. The maximum atomic E-state index is 14.5. The molecule has 1 aromatic rings. The monoisotopic (exact) mass is 614 g/mol. The van der Waals surface area contributed by atoms with E-state index in [2.05, 4.69) is 16.0 Å². The van der Waals surface area contributed by atoms with E-state index in [0.29, 0.717) is 0 Å². The van der Waals surface area contributed by atoms with Gasteiger partial charge in [-0.05, 0) is 59.1 Å². The normalized spacial score (nSPS) is 30.0. The Kier molecular flexibility index (Phi) is 7.91. The number of phenolic OH excluding ortho intramolecular Hbond substituents is 1. The molecule has 0 aromatic heterocycles. The number of urea groups is 1. The van der Waals surface area contributed by atoms with Crippen LogP contribution in [0, 0.1) is 23.7 Å². The first kappa shape index (κ1) is 32.6. The third-order valence-corrected chi connectivity index (χ3v) is 8.29. The molecule has 0 radical (unpaired) electrons. The summed E-state index contributed by atoms with van der Waals surface area (Å²) in [4.78, 5) is 93.2. The van der Waals surface area contributed by atoms with Crippen molar-refractivity contribution in [2.45, 2.75) is 83.6 Å². The number of ketones is 4. The summed E-state index contributed by atoms with van der Waals surface area (Å²) in [6.07, 6.45) is -3.68. The number of rotatable bonds is 3. The van der Waals surface area contributed by atoms with Gasteiger partial charge in [0.1, 0.15) is 5.75 Å². The van der Waals surface area contributed by atoms with Crippen molar-refractivity contribution in [3.05, 3.63) is 23.3 Å². The van der Waals surface area contributed by atoms with Crippen molar-refractivity contribution in [3.8, 4) is 5.75 Å². The van der Waals surface area contributed by atoms with E-state index in [4.69, 9.17) is 10.5 Å². The molecule has 238 valence electrons. The van der Waals surface area contributed by atoms with Gasteiger partial charge < -0.3 is 36.6 Å². The number of benzene rings is 1. The van der Waals surface area contributed by atoms with E-state index in [1.165, 1.54) is 12.1 Å². The number of fused-ring (bicyclic) bond motifs is 3. The summed E-state index contributed by atoms with van der Waals surface area (Å²) in [5.74, 6) is -14.3. The zero-order chi connectivity index (χ0) is 33.3. The van der Waals surface area contributed by atoms with Crippen LogP contribution in [0.3, 0.4) is 0 Å². The van der Waals surface area contributed by atoms with E-state index in [0.717, 1.165) is 0 Å². The van der Waals surface area contributed by atoms with Gasteiger partial charge in [-0.2, -0.15) is 0 Å². The highest BCUT2D eigenvalue weighted by Crippen LogP contribution is 2.55. The summed E-state index contributed by atoms with van der Waals surface area (Å²) < 4.78 is 5.51. The van der Waals surface area contributed by atoms with Gasteiger partial charge in [-0.1, -0.05) is 13.0 Å². The summed E-state index contributed by atoms with van der Waals surface area (Å²) in [7, 11) is 0. The van der Waals surface area contributed by atoms with Crippen LogP contribution in [-0.2, 0) is 23.9 Å². The van der Waals surface area contributed by atoms with Crippen LogP contribution in [0.1, 0.15) is 76.7 Å². The van der Waals surface area contributed by atoms with Gasteiger partial charge in [-0.3, -0.25) is 24.0 Å². The molecule has 4 amide bonds. The largest absolute Gasteiger partial charge is 0.505 e. The fourth-order valence-corrected chi connectivity index (χ4v) is 6.58. The molecule has 0 spiro atoms. The molecule has 14 nitrogen and oxygen atoms in total. The number of aromatic hydroxyl groups is 1. The fourth-order valence-electron chi connectivity index (χ4n) is 6.58. The second-order valence-corrected chi connectivity index (χ2v) is 13.8. The lowest BCUT2D eigenvalue weighted by molar-refractivity contribution is -0.189. The van der Waals surface area contributed by atoms with Crippen molar-refractivity contribution >= 4 is 46.9 Å². The molecular formula is C30H38N4O10. The first-order valence-electron chi connectivity index (χ1n) is 14.2. The number of ether oxygens (including phenoxy) is 1. The molecule has 3 aliphatic rings. The van der Waals surface area contributed by atoms with E-state index in [9.17, 15) is 43.8 Å². The van der Waals surface area contributed by atoms with Gasteiger partial charge >= 0.3 is 12.1 Å². The van der Waals surface area contributed by atoms with E-state index in [1.54, 1.807) is 48.5 Å². The molecule has 2 fully saturated rings. The molecule has 1 aromatic carbocycles. The number of aliphatic hydroxyl groups is 1. The first-order chi connectivity index (χ1) is 20.1. The Balaban J connectivity index is 1.86. The number of alkyl carbamates (subject to hydrolysis) is 1. The Morgan fingerprint density at radius 3 is 2.11 bits per heavy atom. The summed E-state index contributed by atoms with van der Waals surface area (Å²) in [5, 5.41) is 30.4. The SMILES string of the molecule is C[C@H]1c2ccc(NC(=O)NC(C)(C)C)c(O)c2C(=O)C2C(=O)[C@]3(OC(=O)NC(C)(C)C)C(=O)C(C(N)=O)C(=O)C[C@@H]3[C@@H](O)[C@@H]21. The lowest BCUT2D eigenvalue weighted by Crippen LogP contribution is -2.74. The van der Waals surface area contributed by atoms with Crippen LogP contribution in [0.4, 0.5) is 15.3 Å². The second kappa shape index (κ2) is 10.7. The van der Waals surface area contributed by atoms with Crippen LogP contribution in [-0.4, -0.2) is 74.2 Å². The molecular weight excluding hydrogens is 576 g/mol. The number of anilines is 1. The Morgan fingerprint density at radius 2 is 1.57 bits per heavy atom. The standard InChI is InChI=1S/C30H38N4O10/c1-11-12-8-9-14(32-26(42)33-28(2,3)4)21(37)17(12)22(38)19-16(11)20(36)13-10-15(35)18(25(31)41)23(39)30(13,24(19)40)44-27(43)34-29(5,6)7/h8-9,11,13,16,18-20,36-37H,10H2,1-7H3,(H2,31,41)(H,34,43)(H2,32,33,42)/t11-,13+,16+,18?,19?,20+,30+/m0/s1. The van der Waals surface area contributed by atoms with Crippen molar-refractivity contribution in [2.75, 3.05) is 5.32 Å². The predicted molar refractivity (Wildman–Crippen MR) is 154 cm³/mol. The van der Waals surface area contributed by atoms with Crippen LogP contribution in [0.15, 0.2) is 12.1 Å². The number of aliphatic hydroxyl groups excluding tert-OH is 1. The Bertz CT molecular complexity index is 1490. The molecule has 44 heavy (non-hydrogen) atoms. The second-order valence-electron chi connectivity index (χ2n) is 13.8. The van der Waals surface area contributed by atoms with Gasteiger partial charge in [0.2, 0.25) is 17.3 Å². The number of phenols is 1. The maximum absolute atomic E-state index is 14.5. The molecule has 2 unspecified atom stereocenters. The molecule has 0 aliphatic heterocycles. The highest BCUT2D eigenvalue weighted by Gasteiger charge is 2.72. The zero-order valence-corrected chi connectivity index (χ0v) is 25.6. The van der Waals surface area contributed by atoms with Crippen LogP contribution >= 0.6 is 0 Å². The lowest BCUT2D eigenvalue weighted by atomic mass is 9.50. The number of nitrogens with two attached hydrogens (primary N) is 1. The molecule has 14 heteroatoms. The highest BCUT2D eigenvalue weighted by atomic mass is 16.6. The minimum Gasteiger partial charge on any atom is -0.505 e. The maximum Gasteiger partial charge on any atom is 0.409 e. The van der Waals surface area contributed by atoms with Crippen molar-refractivity contribution in [1.29, 1.82) is 0 Å². The van der Waals surface area contributed by atoms with E-state index >= 15 is 0 Å². The van der Waals surface area contributed by atoms with Crippen molar-refractivity contribution in [3.63, 3.8) is 0 Å². The topological polar surface area (TPSA) is 231 Å². The van der Waals surface area contributed by atoms with Gasteiger partial charge in [0.15, 0.2) is 23.3 Å². The van der Waals surface area contributed by atoms with Crippen molar-refractivity contribution < 1.29 is 48.5 Å². The average Bonchev–Trinajstić information content (AvgIpc) is 2.84.